The van der Waals surface area contributed by atoms with Crippen LogP contribution >= 0.6 is 0 Å². The number of nitrogens with two attached hydrogens (primary N) is 1. The van der Waals surface area contributed by atoms with Crippen molar-refractivity contribution in [3.8, 4) is 0 Å². The summed E-state index contributed by atoms with van der Waals surface area (Å²) in [6, 6.07) is 1.90. The smallest absolute Gasteiger partial charge is 0.378 e. The second kappa shape index (κ2) is 4.99. The van der Waals surface area contributed by atoms with Crippen LogP contribution in [-0.4, -0.2) is 31.3 Å². The van der Waals surface area contributed by atoms with Gasteiger partial charge in [0, 0.05) is 13.1 Å². The van der Waals surface area contributed by atoms with E-state index in [1.54, 1.807) is 4.90 Å². The Morgan fingerprint density at radius 2 is 1.94 bits per heavy atom. The fraction of sp³-hybridized carbons (Fsp3) is 0.500. The van der Waals surface area contributed by atoms with E-state index in [9.17, 15) is 13.2 Å². The number of rotatable bonds is 2. The van der Waals surface area contributed by atoms with E-state index < -0.39 is 11.7 Å². The number of nitrogens with one attached hydrogen (secondary N) is 1. The van der Waals surface area contributed by atoms with Gasteiger partial charge >= 0.3 is 6.18 Å². The quantitative estimate of drug-likeness (QED) is 0.620. The zero-order valence-corrected chi connectivity index (χ0v) is 9.50. The maximum atomic E-state index is 12.7. The highest BCUT2D eigenvalue weighted by molar-refractivity contribution is 5.51. The minimum Gasteiger partial charge on any atom is -0.378 e. The second-order valence-electron chi connectivity index (χ2n) is 3.84. The topological polar surface area (TPSA) is 63.4 Å². The Balaban J connectivity index is 2.34. The monoisotopic (exact) mass is 262 g/mol. The first kappa shape index (κ1) is 12.9. The number of hydrogen-bond acceptors (Lipinski definition) is 5. The molecular weight excluding hydrogens is 249 g/mol. The van der Waals surface area contributed by atoms with Gasteiger partial charge in [0.25, 0.3) is 0 Å². The van der Waals surface area contributed by atoms with E-state index in [-0.39, 0.29) is 11.6 Å². The molecule has 1 aliphatic heterocycles. The molecule has 18 heavy (non-hydrogen) atoms. The van der Waals surface area contributed by atoms with Crippen LogP contribution in [0.25, 0.3) is 0 Å². The average molecular weight is 262 g/mol. The molecule has 3 N–H and O–H groups in total. The molecule has 0 unspecified atom stereocenters. The number of alkyl halides is 3. The molecule has 0 radical (unpaired) electrons. The molecule has 1 saturated heterocycles. The Hall–Kier alpha value is -1.54. The van der Waals surface area contributed by atoms with Gasteiger partial charge < -0.3 is 15.1 Å². The van der Waals surface area contributed by atoms with Crippen LogP contribution in [0.2, 0.25) is 0 Å². The van der Waals surface area contributed by atoms with Crippen molar-refractivity contribution >= 4 is 11.6 Å². The Bertz CT molecular complexity index is 418. The third kappa shape index (κ3) is 2.82. The highest BCUT2D eigenvalue weighted by Gasteiger charge is 2.32. The number of anilines is 2. The molecule has 0 amide bonds. The fourth-order valence-corrected chi connectivity index (χ4v) is 1.71. The number of nitrogens with zero attached hydrogens (tertiary/aromatic N) is 2. The van der Waals surface area contributed by atoms with Crippen LogP contribution in [0.4, 0.5) is 24.8 Å². The molecule has 0 spiro atoms. The van der Waals surface area contributed by atoms with Crippen LogP contribution in [0.15, 0.2) is 12.1 Å². The van der Waals surface area contributed by atoms with Crippen molar-refractivity contribution in [3.05, 3.63) is 17.7 Å². The van der Waals surface area contributed by atoms with E-state index in [2.05, 4.69) is 10.4 Å². The van der Waals surface area contributed by atoms with E-state index in [0.717, 1.165) is 12.1 Å². The van der Waals surface area contributed by atoms with Crippen LogP contribution in [0, 0.1) is 0 Å². The zero-order chi connectivity index (χ0) is 13.2. The maximum Gasteiger partial charge on any atom is 0.416 e. The van der Waals surface area contributed by atoms with Crippen LogP contribution in [-0.2, 0) is 10.9 Å². The number of nitrogen functional groups attached to an aromatic ring is 1. The number of morpholine rings is 1. The predicted molar refractivity (Wildman–Crippen MR) is 60.1 cm³/mol. The van der Waals surface area contributed by atoms with Gasteiger partial charge in [-0.05, 0) is 12.1 Å². The first-order chi connectivity index (χ1) is 8.50. The van der Waals surface area contributed by atoms with E-state index in [0.29, 0.717) is 26.3 Å². The Labute approximate surface area is 102 Å². The van der Waals surface area contributed by atoms with Crippen molar-refractivity contribution in [2.75, 3.05) is 36.6 Å². The molecule has 1 fully saturated rings. The lowest BCUT2D eigenvalue weighted by Gasteiger charge is -2.28. The molecule has 100 valence electrons. The van der Waals surface area contributed by atoms with Crippen LogP contribution in [0.1, 0.15) is 5.56 Å². The third-order valence-corrected chi connectivity index (χ3v) is 2.62. The van der Waals surface area contributed by atoms with E-state index >= 15 is 0 Å². The Kier molecular flexibility index (Phi) is 3.58. The van der Waals surface area contributed by atoms with Gasteiger partial charge in [0.2, 0.25) is 0 Å². The molecule has 2 rings (SSSR count). The number of ether oxygens (including phenoxy) is 1. The van der Waals surface area contributed by atoms with Crippen molar-refractivity contribution in [1.29, 1.82) is 0 Å². The van der Waals surface area contributed by atoms with Crippen LogP contribution in [0.3, 0.4) is 0 Å². The van der Waals surface area contributed by atoms with Crippen LogP contribution < -0.4 is 16.2 Å². The zero-order valence-electron chi connectivity index (χ0n) is 9.50. The lowest BCUT2D eigenvalue weighted by atomic mass is 10.2. The summed E-state index contributed by atoms with van der Waals surface area (Å²) in [5, 5.41) is 0. The van der Waals surface area contributed by atoms with Gasteiger partial charge in [-0.25, -0.2) is 10.8 Å². The molecule has 2 heterocycles. The first-order valence-corrected chi connectivity index (χ1v) is 5.39. The van der Waals surface area contributed by atoms with Gasteiger partial charge in [0.15, 0.2) is 0 Å². The molecule has 8 heteroatoms. The van der Waals surface area contributed by atoms with Crippen molar-refractivity contribution in [2.24, 2.45) is 5.84 Å². The molecule has 0 saturated carbocycles. The lowest BCUT2D eigenvalue weighted by molar-refractivity contribution is -0.137. The van der Waals surface area contributed by atoms with Crippen molar-refractivity contribution in [3.63, 3.8) is 0 Å². The molecular formula is C10H13F3N4O. The van der Waals surface area contributed by atoms with E-state index in [4.69, 9.17) is 10.6 Å². The molecule has 1 aliphatic rings. The lowest BCUT2D eigenvalue weighted by Crippen LogP contribution is -2.37. The second-order valence-corrected chi connectivity index (χ2v) is 3.84. The molecule has 5 nitrogen and oxygen atoms in total. The third-order valence-electron chi connectivity index (χ3n) is 2.62. The number of hydrazine groups is 1. The summed E-state index contributed by atoms with van der Waals surface area (Å²) in [7, 11) is 0. The minimum atomic E-state index is -4.42. The molecule has 0 bridgehead atoms. The maximum absolute atomic E-state index is 12.7. The summed E-state index contributed by atoms with van der Waals surface area (Å²) < 4.78 is 43.3. The normalized spacial score (nSPS) is 16.8. The average Bonchev–Trinajstić information content (AvgIpc) is 2.38. The minimum absolute atomic E-state index is 0.00804. The number of halogens is 3. The van der Waals surface area contributed by atoms with Gasteiger partial charge in [0.05, 0.1) is 18.8 Å². The summed E-state index contributed by atoms with van der Waals surface area (Å²) in [6.45, 7) is 1.98. The van der Waals surface area contributed by atoms with Gasteiger partial charge in [-0.2, -0.15) is 13.2 Å². The summed E-state index contributed by atoms with van der Waals surface area (Å²) in [5.41, 5.74) is 1.38. The summed E-state index contributed by atoms with van der Waals surface area (Å²) in [6.07, 6.45) is -4.42. The summed E-state index contributed by atoms with van der Waals surface area (Å²) >= 11 is 0. The fourth-order valence-electron chi connectivity index (χ4n) is 1.71. The molecule has 0 aliphatic carbocycles. The Morgan fingerprint density at radius 3 is 2.50 bits per heavy atom. The molecule has 1 aromatic rings. The first-order valence-electron chi connectivity index (χ1n) is 5.39. The number of hydrogen-bond donors (Lipinski definition) is 2. The highest BCUT2D eigenvalue weighted by Crippen LogP contribution is 2.32. The number of pyridine rings is 1. The van der Waals surface area contributed by atoms with Crippen molar-refractivity contribution in [1.82, 2.24) is 4.98 Å². The largest absolute Gasteiger partial charge is 0.416 e. The van der Waals surface area contributed by atoms with Crippen LogP contribution in [0.5, 0.6) is 0 Å². The number of aromatic nitrogens is 1. The van der Waals surface area contributed by atoms with E-state index in [1.165, 1.54) is 0 Å². The summed E-state index contributed by atoms with van der Waals surface area (Å²) in [5.74, 6) is 5.38. The highest BCUT2D eigenvalue weighted by atomic mass is 19.4. The van der Waals surface area contributed by atoms with Gasteiger partial charge in [-0.15, -0.1) is 0 Å². The van der Waals surface area contributed by atoms with Gasteiger partial charge in [-0.1, -0.05) is 0 Å². The molecule has 0 aromatic carbocycles. The SMILES string of the molecule is NNc1cc(C(F)(F)F)cc(N2CCOCC2)n1. The van der Waals surface area contributed by atoms with Crippen molar-refractivity contribution in [2.45, 2.75) is 6.18 Å². The van der Waals surface area contributed by atoms with Gasteiger partial charge in [0.1, 0.15) is 11.6 Å². The molecule has 1 aromatic heterocycles. The predicted octanol–water partition coefficient (Wildman–Crippen LogP) is 1.22. The standard InChI is InChI=1S/C10H13F3N4O/c11-10(12,13)7-5-8(16-14)15-9(6-7)17-1-3-18-4-2-17/h5-6H,1-4,14H2,(H,15,16). The van der Waals surface area contributed by atoms with E-state index in [1.807, 2.05) is 0 Å². The van der Waals surface area contributed by atoms with Gasteiger partial charge in [-0.3, -0.25) is 0 Å². The summed E-state index contributed by atoms with van der Waals surface area (Å²) in [4.78, 5) is 5.76. The Morgan fingerprint density at radius 1 is 1.28 bits per heavy atom. The molecule has 0 atom stereocenters. The van der Waals surface area contributed by atoms with Crippen molar-refractivity contribution < 1.29 is 17.9 Å².